The summed E-state index contributed by atoms with van der Waals surface area (Å²) in [6, 6.07) is 8.17. The maximum absolute atomic E-state index is 12.0. The van der Waals surface area contributed by atoms with Gasteiger partial charge in [-0.1, -0.05) is 17.7 Å². The van der Waals surface area contributed by atoms with E-state index in [0.29, 0.717) is 15.5 Å². The molecular formula is C13H11Cl2NO3S2. The molecule has 0 atom stereocenters. The summed E-state index contributed by atoms with van der Waals surface area (Å²) in [5.74, 6) is -0.316. The molecular weight excluding hydrogens is 353 g/mol. The van der Waals surface area contributed by atoms with E-state index in [2.05, 4.69) is 5.32 Å². The van der Waals surface area contributed by atoms with Crippen LogP contribution in [-0.2, 0) is 15.6 Å². The molecule has 0 fully saturated rings. The molecule has 0 spiro atoms. The molecule has 0 radical (unpaired) electrons. The molecule has 8 heteroatoms. The Bertz CT molecular complexity index is 784. The van der Waals surface area contributed by atoms with Crippen molar-refractivity contribution in [2.75, 3.05) is 0 Å². The number of thiophene rings is 1. The molecule has 21 heavy (non-hydrogen) atoms. The minimum atomic E-state index is -3.73. The average Bonchev–Trinajstić information content (AvgIpc) is 2.84. The van der Waals surface area contributed by atoms with Gasteiger partial charge in [0.1, 0.15) is 4.21 Å². The Morgan fingerprint density at radius 3 is 2.57 bits per heavy atom. The molecule has 0 bridgehead atoms. The van der Waals surface area contributed by atoms with Crippen molar-refractivity contribution in [3.8, 4) is 0 Å². The van der Waals surface area contributed by atoms with Crippen LogP contribution in [0.4, 0.5) is 0 Å². The number of benzene rings is 1. The second kappa shape index (κ2) is 6.36. The molecule has 2 rings (SSSR count). The van der Waals surface area contributed by atoms with Crippen LogP contribution in [0.15, 0.2) is 34.5 Å². The first-order valence-corrected chi connectivity index (χ1v) is 9.35. The summed E-state index contributed by atoms with van der Waals surface area (Å²) in [7, 11) is 1.52. The lowest BCUT2D eigenvalue weighted by Gasteiger charge is -2.06. The summed E-state index contributed by atoms with van der Waals surface area (Å²) in [5, 5.41) is 3.07. The molecule has 0 unspecified atom stereocenters. The number of carbonyl (C=O) groups is 1. The Labute approximate surface area is 136 Å². The van der Waals surface area contributed by atoms with E-state index in [1.807, 2.05) is 6.92 Å². The van der Waals surface area contributed by atoms with Gasteiger partial charge in [0, 0.05) is 15.6 Å². The number of halogens is 2. The van der Waals surface area contributed by atoms with Crippen molar-refractivity contribution in [2.24, 2.45) is 0 Å². The smallest absolute Gasteiger partial charge is 0.270 e. The van der Waals surface area contributed by atoms with Crippen LogP contribution in [0.25, 0.3) is 0 Å². The van der Waals surface area contributed by atoms with Crippen LogP contribution in [0, 0.1) is 6.92 Å². The van der Waals surface area contributed by atoms with E-state index in [-0.39, 0.29) is 16.7 Å². The molecule has 1 heterocycles. The Morgan fingerprint density at radius 2 is 2.00 bits per heavy atom. The van der Waals surface area contributed by atoms with E-state index < -0.39 is 9.05 Å². The topological polar surface area (TPSA) is 63.2 Å². The van der Waals surface area contributed by atoms with Crippen molar-refractivity contribution in [1.29, 1.82) is 0 Å². The summed E-state index contributed by atoms with van der Waals surface area (Å²) < 4.78 is 22.4. The first-order chi connectivity index (χ1) is 9.77. The Morgan fingerprint density at radius 1 is 1.29 bits per heavy atom. The largest absolute Gasteiger partial charge is 0.347 e. The number of aryl methyl sites for hydroxylation is 1. The lowest BCUT2D eigenvalue weighted by molar-refractivity contribution is 0.0951. The third kappa shape index (κ3) is 4.20. The first-order valence-electron chi connectivity index (χ1n) is 5.85. The summed E-state index contributed by atoms with van der Waals surface area (Å²) in [6.45, 7) is 2.09. The van der Waals surface area contributed by atoms with E-state index in [0.717, 1.165) is 16.9 Å². The predicted molar refractivity (Wildman–Crippen MR) is 84.7 cm³/mol. The van der Waals surface area contributed by atoms with Gasteiger partial charge in [-0.3, -0.25) is 4.79 Å². The zero-order chi connectivity index (χ0) is 15.6. The molecule has 0 aliphatic rings. The molecule has 0 saturated heterocycles. The molecule has 0 aliphatic heterocycles. The van der Waals surface area contributed by atoms with Crippen LogP contribution in [-0.4, -0.2) is 14.3 Å². The molecule has 2 aromatic rings. The predicted octanol–water partition coefficient (Wildman–Crippen LogP) is 3.57. The van der Waals surface area contributed by atoms with Gasteiger partial charge in [-0.2, -0.15) is 0 Å². The van der Waals surface area contributed by atoms with E-state index in [1.54, 1.807) is 24.3 Å². The zero-order valence-electron chi connectivity index (χ0n) is 10.9. The second-order valence-corrected chi connectivity index (χ2v) is 8.69. The SMILES string of the molecule is Cc1ccc(C(=O)NCc2ccc(S(=O)(=O)Cl)s2)c(Cl)c1. The minimum absolute atomic E-state index is 0.0572. The van der Waals surface area contributed by atoms with Gasteiger partial charge in [-0.25, -0.2) is 8.42 Å². The lowest BCUT2D eigenvalue weighted by Crippen LogP contribution is -2.22. The van der Waals surface area contributed by atoms with Crippen LogP contribution in [0.3, 0.4) is 0 Å². The van der Waals surface area contributed by atoms with Gasteiger partial charge in [0.2, 0.25) is 0 Å². The lowest BCUT2D eigenvalue weighted by atomic mass is 10.1. The molecule has 4 nitrogen and oxygen atoms in total. The zero-order valence-corrected chi connectivity index (χ0v) is 14.0. The van der Waals surface area contributed by atoms with Gasteiger partial charge >= 0.3 is 0 Å². The van der Waals surface area contributed by atoms with Gasteiger partial charge in [0.25, 0.3) is 15.0 Å². The average molecular weight is 364 g/mol. The Balaban J connectivity index is 2.06. The Kier molecular flexibility index (Phi) is 4.93. The number of hydrogen-bond donors (Lipinski definition) is 1. The molecule has 0 aliphatic carbocycles. The van der Waals surface area contributed by atoms with Crippen molar-refractivity contribution in [1.82, 2.24) is 5.32 Å². The van der Waals surface area contributed by atoms with E-state index >= 15 is 0 Å². The van der Waals surface area contributed by atoms with Crippen molar-refractivity contribution in [3.05, 3.63) is 51.4 Å². The minimum Gasteiger partial charge on any atom is -0.347 e. The fourth-order valence-corrected chi connectivity index (χ4v) is 4.03. The monoisotopic (exact) mass is 363 g/mol. The fourth-order valence-electron chi connectivity index (χ4n) is 1.65. The van der Waals surface area contributed by atoms with Crippen molar-refractivity contribution >= 4 is 48.6 Å². The van der Waals surface area contributed by atoms with Crippen LogP contribution < -0.4 is 5.32 Å². The first kappa shape index (κ1) is 16.3. The molecule has 0 saturated carbocycles. The van der Waals surface area contributed by atoms with E-state index in [1.165, 1.54) is 6.07 Å². The van der Waals surface area contributed by atoms with E-state index in [4.69, 9.17) is 22.3 Å². The third-order valence-electron chi connectivity index (χ3n) is 2.67. The van der Waals surface area contributed by atoms with Crippen molar-refractivity contribution in [2.45, 2.75) is 17.7 Å². The summed E-state index contributed by atoms with van der Waals surface area (Å²) in [6.07, 6.45) is 0. The highest BCUT2D eigenvalue weighted by atomic mass is 35.7. The van der Waals surface area contributed by atoms with Crippen molar-refractivity contribution in [3.63, 3.8) is 0 Å². The van der Waals surface area contributed by atoms with Crippen LogP contribution in [0.2, 0.25) is 5.02 Å². The van der Waals surface area contributed by atoms with Gasteiger partial charge in [-0.05, 0) is 36.8 Å². The maximum atomic E-state index is 12.0. The van der Waals surface area contributed by atoms with Gasteiger partial charge in [0.15, 0.2) is 0 Å². The molecule has 1 N–H and O–H groups in total. The number of nitrogens with one attached hydrogen (secondary N) is 1. The van der Waals surface area contributed by atoms with Crippen LogP contribution in [0.5, 0.6) is 0 Å². The molecule has 1 aromatic carbocycles. The quantitative estimate of drug-likeness (QED) is 0.844. The number of rotatable bonds is 4. The molecule has 112 valence electrons. The van der Waals surface area contributed by atoms with Gasteiger partial charge < -0.3 is 5.32 Å². The highest BCUT2D eigenvalue weighted by molar-refractivity contribution is 8.15. The number of amides is 1. The highest BCUT2D eigenvalue weighted by Gasteiger charge is 2.14. The summed E-state index contributed by atoms with van der Waals surface area (Å²) in [5.41, 5.74) is 1.34. The number of hydrogen-bond acceptors (Lipinski definition) is 4. The number of carbonyl (C=O) groups excluding carboxylic acids is 1. The van der Waals surface area contributed by atoms with Crippen LogP contribution >= 0.6 is 33.6 Å². The standard InChI is InChI=1S/C13H11Cl2NO3S2/c1-8-2-4-10(11(14)6-8)13(17)16-7-9-3-5-12(20-9)21(15,18)19/h2-6H,7H2,1H3,(H,16,17). The normalized spacial score (nSPS) is 11.4. The highest BCUT2D eigenvalue weighted by Crippen LogP contribution is 2.25. The summed E-state index contributed by atoms with van der Waals surface area (Å²) >= 11 is 7.03. The van der Waals surface area contributed by atoms with Crippen LogP contribution in [0.1, 0.15) is 20.8 Å². The second-order valence-electron chi connectivity index (χ2n) is 4.32. The fraction of sp³-hybridized carbons (Fsp3) is 0.154. The summed E-state index contributed by atoms with van der Waals surface area (Å²) in [4.78, 5) is 12.7. The molecule has 1 amide bonds. The molecule has 1 aromatic heterocycles. The third-order valence-corrected chi connectivity index (χ3v) is 6.16. The van der Waals surface area contributed by atoms with Gasteiger partial charge in [-0.15, -0.1) is 11.3 Å². The Hall–Kier alpha value is -1.08. The van der Waals surface area contributed by atoms with E-state index in [9.17, 15) is 13.2 Å². The van der Waals surface area contributed by atoms with Gasteiger partial charge in [0.05, 0.1) is 17.1 Å². The van der Waals surface area contributed by atoms with Crippen molar-refractivity contribution < 1.29 is 13.2 Å². The maximum Gasteiger partial charge on any atom is 0.270 e.